The SMILES string of the molecule is CCCn1cc(C(NCC)c2sccc2OC)cn1. The third kappa shape index (κ3) is 3.16. The second-order valence-corrected chi connectivity index (χ2v) is 5.33. The van der Waals surface area contributed by atoms with Gasteiger partial charge in [0.1, 0.15) is 5.75 Å². The van der Waals surface area contributed by atoms with Gasteiger partial charge in [0.05, 0.1) is 24.2 Å². The Morgan fingerprint density at radius 1 is 1.47 bits per heavy atom. The molecule has 104 valence electrons. The van der Waals surface area contributed by atoms with E-state index in [1.165, 1.54) is 10.4 Å². The minimum atomic E-state index is 0.158. The van der Waals surface area contributed by atoms with Crippen LogP contribution in [0.2, 0.25) is 0 Å². The van der Waals surface area contributed by atoms with E-state index in [2.05, 4.69) is 35.8 Å². The molecule has 0 aliphatic rings. The Morgan fingerprint density at radius 2 is 2.32 bits per heavy atom. The van der Waals surface area contributed by atoms with E-state index >= 15 is 0 Å². The monoisotopic (exact) mass is 279 g/mol. The van der Waals surface area contributed by atoms with E-state index < -0.39 is 0 Å². The molecule has 5 heteroatoms. The average molecular weight is 279 g/mol. The topological polar surface area (TPSA) is 39.1 Å². The number of aryl methyl sites for hydroxylation is 1. The molecule has 0 aliphatic heterocycles. The lowest BCUT2D eigenvalue weighted by molar-refractivity contribution is 0.408. The lowest BCUT2D eigenvalue weighted by Crippen LogP contribution is -2.21. The van der Waals surface area contributed by atoms with Crippen LogP contribution in [0.15, 0.2) is 23.8 Å². The summed E-state index contributed by atoms with van der Waals surface area (Å²) in [4.78, 5) is 1.21. The van der Waals surface area contributed by atoms with Gasteiger partial charge in [0.2, 0.25) is 0 Å². The predicted octanol–water partition coefficient (Wildman–Crippen LogP) is 3.06. The Morgan fingerprint density at radius 3 is 3.00 bits per heavy atom. The van der Waals surface area contributed by atoms with Crippen molar-refractivity contribution in [2.75, 3.05) is 13.7 Å². The fraction of sp³-hybridized carbons (Fsp3) is 0.500. The maximum Gasteiger partial charge on any atom is 0.134 e. The Labute approximate surface area is 118 Å². The second kappa shape index (κ2) is 6.73. The smallest absolute Gasteiger partial charge is 0.134 e. The summed E-state index contributed by atoms with van der Waals surface area (Å²) in [5, 5.41) is 9.99. The third-order valence-corrected chi connectivity index (χ3v) is 3.95. The fourth-order valence-electron chi connectivity index (χ4n) is 2.13. The molecule has 0 aromatic carbocycles. The molecule has 2 rings (SSSR count). The van der Waals surface area contributed by atoms with Crippen LogP contribution >= 0.6 is 11.3 Å². The first-order chi connectivity index (χ1) is 9.30. The van der Waals surface area contributed by atoms with Crippen LogP contribution in [0.5, 0.6) is 5.75 Å². The normalized spacial score (nSPS) is 12.6. The van der Waals surface area contributed by atoms with Crippen LogP contribution in [0.3, 0.4) is 0 Å². The molecule has 0 amide bonds. The van der Waals surface area contributed by atoms with Crippen LogP contribution in [0.4, 0.5) is 0 Å². The standard InChI is InChI=1S/C14H21N3OS/c1-4-7-17-10-11(9-16-17)13(15-5-2)14-12(18-3)6-8-19-14/h6,8-10,13,15H,4-5,7H2,1-3H3. The van der Waals surface area contributed by atoms with Crippen LogP contribution in [-0.2, 0) is 6.54 Å². The summed E-state index contributed by atoms with van der Waals surface area (Å²) >= 11 is 1.72. The molecule has 1 N–H and O–H groups in total. The van der Waals surface area contributed by atoms with Gasteiger partial charge in [-0.1, -0.05) is 13.8 Å². The van der Waals surface area contributed by atoms with Crippen molar-refractivity contribution < 1.29 is 4.74 Å². The third-order valence-electron chi connectivity index (χ3n) is 2.99. The van der Waals surface area contributed by atoms with Gasteiger partial charge < -0.3 is 10.1 Å². The summed E-state index contributed by atoms with van der Waals surface area (Å²) in [6.45, 7) is 6.14. The minimum Gasteiger partial charge on any atom is -0.496 e. The molecular weight excluding hydrogens is 258 g/mol. The molecule has 0 spiro atoms. The van der Waals surface area contributed by atoms with Crippen molar-refractivity contribution in [3.8, 4) is 5.75 Å². The highest BCUT2D eigenvalue weighted by Crippen LogP contribution is 2.34. The van der Waals surface area contributed by atoms with Gasteiger partial charge in [0, 0.05) is 18.3 Å². The van der Waals surface area contributed by atoms with Gasteiger partial charge in [-0.2, -0.15) is 5.10 Å². The Hall–Kier alpha value is -1.33. The first-order valence-electron chi connectivity index (χ1n) is 6.67. The summed E-state index contributed by atoms with van der Waals surface area (Å²) in [6.07, 6.45) is 5.16. The van der Waals surface area contributed by atoms with Crippen molar-refractivity contribution in [3.63, 3.8) is 0 Å². The van der Waals surface area contributed by atoms with Crippen molar-refractivity contribution in [2.24, 2.45) is 0 Å². The van der Waals surface area contributed by atoms with Gasteiger partial charge in [-0.15, -0.1) is 11.3 Å². The number of hydrogen-bond acceptors (Lipinski definition) is 4. The van der Waals surface area contributed by atoms with Crippen LogP contribution in [0, 0.1) is 0 Å². The van der Waals surface area contributed by atoms with Crippen molar-refractivity contribution in [1.29, 1.82) is 0 Å². The van der Waals surface area contributed by atoms with Gasteiger partial charge in [0.15, 0.2) is 0 Å². The van der Waals surface area contributed by atoms with Crippen molar-refractivity contribution in [1.82, 2.24) is 15.1 Å². The van der Waals surface area contributed by atoms with Crippen LogP contribution in [0.1, 0.15) is 36.8 Å². The molecule has 0 radical (unpaired) electrons. The van der Waals surface area contributed by atoms with E-state index in [4.69, 9.17) is 4.74 Å². The summed E-state index contributed by atoms with van der Waals surface area (Å²) in [5.41, 5.74) is 1.19. The zero-order valence-corrected chi connectivity index (χ0v) is 12.5. The number of aromatic nitrogens is 2. The van der Waals surface area contributed by atoms with Crippen molar-refractivity contribution >= 4 is 11.3 Å². The molecule has 0 saturated heterocycles. The summed E-state index contributed by atoms with van der Waals surface area (Å²) in [6, 6.07) is 2.17. The summed E-state index contributed by atoms with van der Waals surface area (Å²) < 4.78 is 7.43. The lowest BCUT2D eigenvalue weighted by atomic mass is 10.1. The summed E-state index contributed by atoms with van der Waals surface area (Å²) in [5.74, 6) is 0.944. The highest BCUT2D eigenvalue weighted by atomic mass is 32.1. The molecule has 0 fully saturated rings. The molecular formula is C14H21N3OS. The van der Waals surface area contributed by atoms with E-state index in [0.29, 0.717) is 0 Å². The zero-order chi connectivity index (χ0) is 13.7. The molecule has 0 aliphatic carbocycles. The van der Waals surface area contributed by atoms with Gasteiger partial charge in [-0.25, -0.2) is 0 Å². The first kappa shape index (κ1) is 14.1. The largest absolute Gasteiger partial charge is 0.496 e. The first-order valence-corrected chi connectivity index (χ1v) is 7.55. The van der Waals surface area contributed by atoms with E-state index in [1.54, 1.807) is 18.4 Å². The van der Waals surface area contributed by atoms with E-state index in [-0.39, 0.29) is 6.04 Å². The molecule has 2 aromatic heterocycles. The molecule has 19 heavy (non-hydrogen) atoms. The summed E-state index contributed by atoms with van der Waals surface area (Å²) in [7, 11) is 1.72. The van der Waals surface area contributed by atoms with Gasteiger partial charge in [-0.3, -0.25) is 4.68 Å². The maximum absolute atomic E-state index is 5.43. The van der Waals surface area contributed by atoms with Crippen LogP contribution < -0.4 is 10.1 Å². The highest BCUT2D eigenvalue weighted by Gasteiger charge is 2.20. The van der Waals surface area contributed by atoms with Gasteiger partial charge >= 0.3 is 0 Å². The Kier molecular flexibility index (Phi) is 4.99. The van der Waals surface area contributed by atoms with Crippen molar-refractivity contribution in [2.45, 2.75) is 32.9 Å². The lowest BCUT2D eigenvalue weighted by Gasteiger charge is -2.16. The quantitative estimate of drug-likeness (QED) is 0.846. The molecule has 4 nitrogen and oxygen atoms in total. The number of rotatable bonds is 7. The maximum atomic E-state index is 5.43. The Bertz CT molecular complexity index is 506. The van der Waals surface area contributed by atoms with E-state index in [1.807, 2.05) is 16.9 Å². The minimum absolute atomic E-state index is 0.158. The molecule has 2 aromatic rings. The Balaban J connectivity index is 2.28. The van der Waals surface area contributed by atoms with Crippen molar-refractivity contribution in [3.05, 3.63) is 34.3 Å². The molecule has 0 bridgehead atoms. The van der Waals surface area contributed by atoms with E-state index in [0.717, 1.165) is 25.3 Å². The average Bonchev–Trinajstić information content (AvgIpc) is 3.05. The predicted molar refractivity (Wildman–Crippen MR) is 78.9 cm³/mol. The molecule has 0 saturated carbocycles. The highest BCUT2D eigenvalue weighted by molar-refractivity contribution is 7.10. The zero-order valence-electron chi connectivity index (χ0n) is 11.7. The van der Waals surface area contributed by atoms with E-state index in [9.17, 15) is 0 Å². The van der Waals surface area contributed by atoms with Crippen LogP contribution in [0.25, 0.3) is 0 Å². The number of nitrogens with one attached hydrogen (secondary N) is 1. The van der Waals surface area contributed by atoms with Gasteiger partial charge in [0.25, 0.3) is 0 Å². The number of ether oxygens (including phenoxy) is 1. The number of thiophene rings is 1. The number of hydrogen-bond donors (Lipinski definition) is 1. The molecule has 2 heterocycles. The number of nitrogens with zero attached hydrogens (tertiary/aromatic N) is 2. The molecule has 1 unspecified atom stereocenters. The fourth-order valence-corrected chi connectivity index (χ4v) is 3.10. The molecule has 1 atom stereocenters. The second-order valence-electron chi connectivity index (χ2n) is 4.38. The number of methoxy groups -OCH3 is 1. The van der Waals surface area contributed by atoms with Crippen LogP contribution in [-0.4, -0.2) is 23.4 Å². The van der Waals surface area contributed by atoms with Gasteiger partial charge in [-0.05, 0) is 24.4 Å².